The maximum absolute atomic E-state index is 12.5. The monoisotopic (exact) mass is 356 g/mol. The van der Waals surface area contributed by atoms with E-state index in [9.17, 15) is 8.42 Å². The molecule has 1 fully saturated rings. The Morgan fingerprint density at radius 1 is 1.16 bits per heavy atom. The first kappa shape index (κ1) is 17.4. The van der Waals surface area contributed by atoms with Crippen molar-refractivity contribution in [3.8, 4) is 0 Å². The van der Waals surface area contributed by atoms with Gasteiger partial charge >= 0.3 is 10.2 Å². The van der Waals surface area contributed by atoms with Crippen LogP contribution in [0.4, 0.5) is 11.5 Å². The number of piperidine rings is 1. The summed E-state index contributed by atoms with van der Waals surface area (Å²) in [6.07, 6.45) is 1.53. The van der Waals surface area contributed by atoms with Crippen molar-refractivity contribution in [1.82, 2.24) is 9.29 Å². The average molecular weight is 356 g/mol. The molecule has 0 aliphatic carbocycles. The fourth-order valence-corrected chi connectivity index (χ4v) is 4.25. The van der Waals surface area contributed by atoms with Gasteiger partial charge in [-0.3, -0.25) is 4.72 Å². The fraction of sp³-hybridized carbons (Fsp3) is 0.333. The summed E-state index contributed by atoms with van der Waals surface area (Å²) in [6, 6.07) is 12.8. The summed E-state index contributed by atoms with van der Waals surface area (Å²) in [5, 5.41) is 0. The molecule has 130 valence electrons. The van der Waals surface area contributed by atoms with E-state index in [1.165, 1.54) is 4.31 Å². The molecule has 0 radical (unpaired) electrons. The van der Waals surface area contributed by atoms with Gasteiger partial charge < -0.3 is 0 Å². The van der Waals surface area contributed by atoms with Crippen LogP contribution in [0.1, 0.15) is 30.0 Å². The Labute approximate surface area is 148 Å². The number of anilines is 1. The van der Waals surface area contributed by atoms with Crippen LogP contribution < -0.4 is 4.72 Å². The van der Waals surface area contributed by atoms with E-state index < -0.39 is 10.2 Å². The molecule has 7 heteroatoms. The fourth-order valence-electron chi connectivity index (χ4n) is 3.05. The molecule has 0 atom stereocenters. The predicted molar refractivity (Wildman–Crippen MR) is 97.8 cm³/mol. The highest BCUT2D eigenvalue weighted by Gasteiger charge is 2.28. The lowest BCUT2D eigenvalue weighted by molar-refractivity contribution is 0.321. The van der Waals surface area contributed by atoms with Crippen molar-refractivity contribution < 1.29 is 8.42 Å². The van der Waals surface area contributed by atoms with Crippen molar-refractivity contribution in [2.75, 3.05) is 17.8 Å². The number of benzene rings is 1. The van der Waals surface area contributed by atoms with Gasteiger partial charge in [0.2, 0.25) is 0 Å². The van der Waals surface area contributed by atoms with E-state index in [1.54, 1.807) is 12.1 Å². The van der Waals surface area contributed by atoms with Crippen molar-refractivity contribution in [3.63, 3.8) is 0 Å². The molecule has 0 amide bonds. The second-order valence-electron chi connectivity index (χ2n) is 6.15. The average Bonchev–Trinajstić information content (AvgIpc) is 2.61. The third-order valence-corrected chi connectivity index (χ3v) is 5.92. The van der Waals surface area contributed by atoms with Gasteiger partial charge in [0.25, 0.3) is 0 Å². The Balaban J connectivity index is 1.63. The van der Waals surface area contributed by atoms with Crippen molar-refractivity contribution >= 4 is 21.7 Å². The number of aryl methyl sites for hydroxylation is 1. The summed E-state index contributed by atoms with van der Waals surface area (Å²) in [4.78, 5) is 7.59. The number of nitrogens with one attached hydrogen (secondary N) is 1. The second kappa shape index (κ2) is 7.21. The number of nitrogens with zero attached hydrogens (tertiary/aromatic N) is 3. The third-order valence-electron chi connectivity index (χ3n) is 4.41. The highest BCUT2D eigenvalue weighted by molar-refractivity contribution is 7.90. The number of hydrogen-bond acceptors (Lipinski definition) is 3. The maximum Gasteiger partial charge on any atom is 0.302 e. The van der Waals surface area contributed by atoms with Crippen LogP contribution >= 0.6 is 0 Å². The third kappa shape index (κ3) is 4.16. The molecule has 0 spiro atoms. The number of pyridine rings is 1. The normalized spacial score (nSPS) is 16.3. The summed E-state index contributed by atoms with van der Waals surface area (Å²) >= 11 is 0. The van der Waals surface area contributed by atoms with E-state index >= 15 is 0 Å². The van der Waals surface area contributed by atoms with Crippen LogP contribution in [0.15, 0.2) is 42.5 Å². The highest BCUT2D eigenvalue weighted by Crippen LogP contribution is 2.30. The molecule has 1 aromatic carbocycles. The van der Waals surface area contributed by atoms with E-state index in [4.69, 9.17) is 6.57 Å². The summed E-state index contributed by atoms with van der Waals surface area (Å²) < 4.78 is 29.1. The Bertz CT molecular complexity index is 880. The van der Waals surface area contributed by atoms with Crippen LogP contribution in [-0.4, -0.2) is 30.8 Å². The van der Waals surface area contributed by atoms with Crippen LogP contribution in [0.2, 0.25) is 0 Å². The lowest BCUT2D eigenvalue weighted by atomic mass is 9.90. The quantitative estimate of drug-likeness (QED) is 0.853. The Morgan fingerprint density at radius 3 is 2.44 bits per heavy atom. The zero-order valence-corrected chi connectivity index (χ0v) is 14.8. The molecule has 1 aromatic heterocycles. The van der Waals surface area contributed by atoms with Gasteiger partial charge in [-0.15, -0.1) is 0 Å². The molecule has 1 aliphatic rings. The van der Waals surface area contributed by atoms with Crippen molar-refractivity contribution in [2.45, 2.75) is 25.7 Å². The van der Waals surface area contributed by atoms with Gasteiger partial charge in [0.05, 0.1) is 6.57 Å². The summed E-state index contributed by atoms with van der Waals surface area (Å²) in [6.45, 7) is 9.76. The number of hydrogen-bond donors (Lipinski definition) is 1. The first-order valence-corrected chi connectivity index (χ1v) is 9.61. The molecule has 3 rings (SSSR count). The second-order valence-corrected chi connectivity index (χ2v) is 7.82. The van der Waals surface area contributed by atoms with Gasteiger partial charge in [0.15, 0.2) is 5.69 Å². The summed E-state index contributed by atoms with van der Waals surface area (Å²) in [7, 11) is -3.59. The zero-order chi connectivity index (χ0) is 17.9. The highest BCUT2D eigenvalue weighted by atomic mass is 32.2. The van der Waals surface area contributed by atoms with E-state index in [0.717, 1.165) is 24.1 Å². The van der Waals surface area contributed by atoms with E-state index in [2.05, 4.69) is 14.6 Å². The van der Waals surface area contributed by atoms with E-state index in [1.807, 2.05) is 37.3 Å². The predicted octanol–water partition coefficient (Wildman–Crippen LogP) is 3.48. The molecule has 6 nitrogen and oxygen atoms in total. The summed E-state index contributed by atoms with van der Waals surface area (Å²) in [5.74, 6) is 0.667. The SMILES string of the molecule is [C-]#[N+]c1ccc(C2CCN(S(=O)(=O)Nc3cccc(C)n3)CC2)cc1. The van der Waals surface area contributed by atoms with Crippen LogP contribution in [0, 0.1) is 13.5 Å². The molecular formula is C18H20N4O2S. The van der Waals surface area contributed by atoms with Gasteiger partial charge in [-0.05, 0) is 43.4 Å². The lowest BCUT2D eigenvalue weighted by Gasteiger charge is -2.31. The molecule has 1 N–H and O–H groups in total. The van der Waals surface area contributed by atoms with Crippen LogP contribution in [0.3, 0.4) is 0 Å². The zero-order valence-electron chi connectivity index (χ0n) is 14.0. The molecule has 0 saturated carbocycles. The van der Waals surface area contributed by atoms with Gasteiger partial charge in [0.1, 0.15) is 5.82 Å². The Morgan fingerprint density at radius 2 is 1.84 bits per heavy atom. The topological polar surface area (TPSA) is 66.7 Å². The maximum atomic E-state index is 12.5. The van der Waals surface area contributed by atoms with Gasteiger partial charge in [0, 0.05) is 18.8 Å². The lowest BCUT2D eigenvalue weighted by Crippen LogP contribution is -2.41. The smallest absolute Gasteiger partial charge is 0.254 e. The largest absolute Gasteiger partial charge is 0.302 e. The molecule has 25 heavy (non-hydrogen) atoms. The number of aromatic nitrogens is 1. The minimum Gasteiger partial charge on any atom is -0.254 e. The van der Waals surface area contributed by atoms with Crippen LogP contribution in [-0.2, 0) is 10.2 Å². The molecule has 1 saturated heterocycles. The van der Waals surface area contributed by atoms with Crippen molar-refractivity contribution in [3.05, 3.63) is 65.1 Å². The molecule has 1 aliphatic heterocycles. The minimum absolute atomic E-state index is 0.323. The minimum atomic E-state index is -3.59. The Hall–Kier alpha value is -2.43. The molecule has 0 bridgehead atoms. The van der Waals surface area contributed by atoms with Crippen molar-refractivity contribution in [2.24, 2.45) is 0 Å². The standard InChI is InChI=1S/C18H20N4O2S/c1-14-4-3-5-18(20-14)21-25(23,24)22-12-10-16(11-13-22)15-6-8-17(19-2)9-7-15/h3-9,16H,10-13H2,1H3,(H,20,21). The van der Waals surface area contributed by atoms with Gasteiger partial charge in [-0.2, -0.15) is 12.7 Å². The first-order valence-electron chi connectivity index (χ1n) is 8.17. The number of rotatable bonds is 4. The van der Waals surface area contributed by atoms with Crippen LogP contribution in [0.25, 0.3) is 4.85 Å². The van der Waals surface area contributed by atoms with E-state index in [0.29, 0.717) is 30.5 Å². The van der Waals surface area contributed by atoms with Gasteiger partial charge in [-0.25, -0.2) is 9.83 Å². The van der Waals surface area contributed by atoms with Crippen LogP contribution in [0.5, 0.6) is 0 Å². The Kier molecular flexibility index (Phi) is 5.02. The molecular weight excluding hydrogens is 336 g/mol. The molecule has 0 unspecified atom stereocenters. The van der Waals surface area contributed by atoms with Gasteiger partial charge in [-0.1, -0.05) is 30.3 Å². The molecule has 2 aromatic rings. The van der Waals surface area contributed by atoms with Crippen molar-refractivity contribution in [1.29, 1.82) is 0 Å². The molecule has 2 heterocycles. The first-order chi connectivity index (χ1) is 12.0. The van der Waals surface area contributed by atoms with E-state index in [-0.39, 0.29) is 0 Å². The summed E-state index contributed by atoms with van der Waals surface area (Å²) in [5.41, 5.74) is 2.55.